The maximum atomic E-state index is 11.0. The average Bonchev–Trinajstić information content (AvgIpc) is 2.98. The van der Waals surface area contributed by atoms with E-state index >= 15 is 0 Å². The first-order valence-electron chi connectivity index (χ1n) is 12.9. The van der Waals surface area contributed by atoms with Crippen molar-refractivity contribution in [2.45, 2.75) is 13.8 Å². The SMILES string of the molecule is Cc1ccnc(-c2cc(C)ccn2)c1.O=c1cc[nH]c(-c2cc(=O)cc[nH]2)c1.O=c1cc[nH]c(-c2cc(=O)cc[nH]2)c1.[Os]. The van der Waals surface area contributed by atoms with Crippen molar-refractivity contribution >= 4 is 0 Å². The molecular formula is C32H28N6O4Os. The third kappa shape index (κ3) is 9.95. The fourth-order valence-corrected chi connectivity index (χ4v) is 3.76. The van der Waals surface area contributed by atoms with E-state index in [0.29, 0.717) is 22.8 Å². The number of pyridine rings is 6. The Morgan fingerprint density at radius 1 is 0.442 bits per heavy atom. The molecule has 0 aliphatic carbocycles. The van der Waals surface area contributed by atoms with Gasteiger partial charge in [0.2, 0.25) is 0 Å². The van der Waals surface area contributed by atoms with Gasteiger partial charge in [0.1, 0.15) is 0 Å². The van der Waals surface area contributed by atoms with E-state index in [-0.39, 0.29) is 41.5 Å². The first-order chi connectivity index (χ1) is 20.3. The van der Waals surface area contributed by atoms with Gasteiger partial charge in [-0.2, -0.15) is 0 Å². The number of aryl methyl sites for hydroxylation is 2. The third-order valence-corrected chi connectivity index (χ3v) is 5.77. The van der Waals surface area contributed by atoms with E-state index < -0.39 is 0 Å². The van der Waals surface area contributed by atoms with Crippen LogP contribution >= 0.6 is 0 Å². The first-order valence-corrected chi connectivity index (χ1v) is 12.9. The summed E-state index contributed by atoms with van der Waals surface area (Å²) in [7, 11) is 0. The molecule has 6 heterocycles. The van der Waals surface area contributed by atoms with Crippen molar-refractivity contribution in [3.8, 4) is 34.2 Å². The molecule has 43 heavy (non-hydrogen) atoms. The van der Waals surface area contributed by atoms with Gasteiger partial charge in [-0.1, -0.05) is 0 Å². The summed E-state index contributed by atoms with van der Waals surface area (Å²) in [5.74, 6) is 0. The summed E-state index contributed by atoms with van der Waals surface area (Å²) in [4.78, 5) is 64.3. The molecule has 6 aromatic rings. The van der Waals surface area contributed by atoms with Gasteiger partial charge in [-0.25, -0.2) is 0 Å². The molecule has 0 bridgehead atoms. The minimum Gasteiger partial charge on any atom is -0.360 e. The summed E-state index contributed by atoms with van der Waals surface area (Å²) < 4.78 is 0. The number of hydrogen-bond donors (Lipinski definition) is 4. The van der Waals surface area contributed by atoms with Crippen LogP contribution in [0.5, 0.6) is 0 Å². The molecule has 0 saturated heterocycles. The predicted molar refractivity (Wildman–Crippen MR) is 163 cm³/mol. The van der Waals surface area contributed by atoms with Crippen molar-refractivity contribution in [2.75, 3.05) is 0 Å². The fourth-order valence-electron chi connectivity index (χ4n) is 3.76. The average molecular weight is 751 g/mol. The molecule has 218 valence electrons. The van der Waals surface area contributed by atoms with Crippen molar-refractivity contribution in [1.82, 2.24) is 29.9 Å². The molecule has 0 unspecified atom stereocenters. The summed E-state index contributed by atoms with van der Waals surface area (Å²) >= 11 is 0. The summed E-state index contributed by atoms with van der Waals surface area (Å²) in [6.07, 6.45) is 9.81. The standard InChI is InChI=1S/C12H12N2.2C10H8N2O2.Os/c1-9-3-5-13-11(7-9)12-8-10(2)4-6-14-12;2*13-7-1-3-11-9(5-7)10-6-8(14)2-4-12-10;/h3-8H,1-2H3;2*1-6H,(H,11,13)(H,12,14);. The molecule has 11 heteroatoms. The maximum absolute atomic E-state index is 11.0. The molecule has 0 aliphatic rings. The van der Waals surface area contributed by atoms with E-state index in [1.54, 1.807) is 24.8 Å². The van der Waals surface area contributed by atoms with E-state index in [4.69, 9.17) is 0 Å². The summed E-state index contributed by atoms with van der Waals surface area (Å²) in [5, 5.41) is 0. The van der Waals surface area contributed by atoms with Crippen LogP contribution in [0.4, 0.5) is 0 Å². The van der Waals surface area contributed by atoms with Gasteiger partial charge in [-0.3, -0.25) is 29.1 Å². The minimum absolute atomic E-state index is 0. The van der Waals surface area contributed by atoms with Crippen LogP contribution in [0.2, 0.25) is 0 Å². The van der Waals surface area contributed by atoms with E-state index in [9.17, 15) is 19.2 Å². The van der Waals surface area contributed by atoms with Gasteiger partial charge in [0.15, 0.2) is 21.7 Å². The first kappa shape index (κ1) is 32.3. The van der Waals surface area contributed by atoms with Crippen LogP contribution in [-0.4, -0.2) is 29.9 Å². The molecule has 0 aliphatic heterocycles. The molecule has 0 spiro atoms. The van der Waals surface area contributed by atoms with Crippen LogP contribution in [0, 0.1) is 13.8 Å². The summed E-state index contributed by atoms with van der Waals surface area (Å²) in [5.41, 5.74) is 6.34. The molecule has 10 nitrogen and oxygen atoms in total. The second kappa shape index (κ2) is 15.7. The van der Waals surface area contributed by atoms with E-state index in [0.717, 1.165) is 11.4 Å². The van der Waals surface area contributed by atoms with Gasteiger partial charge in [-0.05, 0) is 49.2 Å². The van der Waals surface area contributed by atoms with Gasteiger partial charge < -0.3 is 19.9 Å². The Kier molecular flexibility index (Phi) is 11.7. The molecule has 6 aromatic heterocycles. The van der Waals surface area contributed by atoms with Crippen LogP contribution in [0.15, 0.2) is 129 Å². The number of aromatic amines is 4. The minimum atomic E-state index is -0.0940. The monoisotopic (exact) mass is 752 g/mol. The molecule has 4 N–H and O–H groups in total. The second-order valence-electron chi connectivity index (χ2n) is 9.19. The third-order valence-electron chi connectivity index (χ3n) is 5.77. The number of rotatable bonds is 3. The van der Waals surface area contributed by atoms with Crippen molar-refractivity contribution in [3.63, 3.8) is 0 Å². The zero-order valence-corrected chi connectivity index (χ0v) is 25.8. The van der Waals surface area contributed by atoms with Gasteiger partial charge in [0.25, 0.3) is 0 Å². The number of nitrogens with one attached hydrogen (secondary N) is 4. The van der Waals surface area contributed by atoms with Crippen LogP contribution in [0.25, 0.3) is 34.2 Å². The van der Waals surface area contributed by atoms with Crippen LogP contribution in [0.3, 0.4) is 0 Å². The second-order valence-corrected chi connectivity index (χ2v) is 9.19. The fraction of sp³-hybridized carbons (Fsp3) is 0.0625. The molecule has 0 fully saturated rings. The molecule has 0 radical (unpaired) electrons. The largest absolute Gasteiger partial charge is 0.360 e. The molecule has 6 rings (SSSR count). The van der Waals surface area contributed by atoms with Gasteiger partial charge >= 0.3 is 0 Å². The predicted octanol–water partition coefficient (Wildman–Crippen LogP) is 4.22. The smallest absolute Gasteiger partial charge is 0.182 e. The van der Waals surface area contributed by atoms with Crippen molar-refractivity contribution in [3.05, 3.63) is 162 Å². The van der Waals surface area contributed by atoms with Gasteiger partial charge in [0, 0.05) is 106 Å². The van der Waals surface area contributed by atoms with E-state index in [1.165, 1.54) is 59.7 Å². The van der Waals surface area contributed by atoms with Crippen molar-refractivity contribution in [1.29, 1.82) is 0 Å². The Bertz CT molecular complexity index is 1780. The topological polar surface area (TPSA) is 157 Å². The Morgan fingerprint density at radius 3 is 0.953 bits per heavy atom. The Morgan fingerprint density at radius 2 is 0.721 bits per heavy atom. The number of nitrogens with zero attached hydrogens (tertiary/aromatic N) is 2. The molecule has 0 saturated carbocycles. The number of hydrogen-bond acceptors (Lipinski definition) is 6. The van der Waals surface area contributed by atoms with E-state index in [1.807, 2.05) is 36.7 Å². The van der Waals surface area contributed by atoms with Gasteiger partial charge in [0.05, 0.1) is 34.2 Å². The zero-order chi connectivity index (χ0) is 29.9. The molecule has 0 amide bonds. The van der Waals surface area contributed by atoms with Crippen molar-refractivity contribution in [2.24, 2.45) is 0 Å². The molecular weight excluding hydrogens is 723 g/mol. The Hall–Kier alpha value is -5.26. The Labute approximate surface area is 259 Å². The normalized spacial score (nSPS) is 9.81. The Balaban J connectivity index is 0.000000175. The number of H-pyrrole nitrogens is 4. The zero-order valence-electron chi connectivity index (χ0n) is 23.3. The summed E-state index contributed by atoms with van der Waals surface area (Å²) in [6.45, 7) is 4.11. The van der Waals surface area contributed by atoms with Crippen LogP contribution in [0.1, 0.15) is 11.1 Å². The van der Waals surface area contributed by atoms with Crippen LogP contribution < -0.4 is 21.7 Å². The molecule has 0 atom stereocenters. The van der Waals surface area contributed by atoms with E-state index in [2.05, 4.69) is 43.8 Å². The quantitative estimate of drug-likeness (QED) is 0.212. The van der Waals surface area contributed by atoms with Crippen LogP contribution in [-0.2, 0) is 19.8 Å². The summed E-state index contributed by atoms with van der Waals surface area (Å²) in [6, 6.07) is 19.5. The maximum Gasteiger partial charge on any atom is 0.182 e. The number of aromatic nitrogens is 6. The van der Waals surface area contributed by atoms with Crippen molar-refractivity contribution < 1.29 is 19.8 Å². The van der Waals surface area contributed by atoms with Gasteiger partial charge in [-0.15, -0.1) is 0 Å². The molecule has 0 aromatic carbocycles.